The van der Waals surface area contributed by atoms with E-state index in [0.29, 0.717) is 19.1 Å². The third-order valence-electron chi connectivity index (χ3n) is 4.79. The summed E-state index contributed by atoms with van der Waals surface area (Å²) >= 11 is 0. The molecule has 2 aliphatic rings. The van der Waals surface area contributed by atoms with Crippen molar-refractivity contribution in [3.8, 4) is 0 Å². The molecule has 7 nitrogen and oxygen atoms in total. The Kier molecular flexibility index (Phi) is 4.73. The molecule has 0 N–H and O–H groups in total. The van der Waals surface area contributed by atoms with Crippen LogP contribution in [0.1, 0.15) is 12.8 Å². The first kappa shape index (κ1) is 17.8. The SMILES string of the molecule is CN(C)S(=O)(=O)c1ccc(S(=O)(=O)N2CCN3CCC[C@@H]3C2)cc1. The lowest BCUT2D eigenvalue weighted by Crippen LogP contribution is -2.51. The zero-order valence-corrected chi connectivity index (χ0v) is 15.6. The molecule has 3 rings (SSSR count). The molecule has 0 saturated carbocycles. The van der Waals surface area contributed by atoms with E-state index in [-0.39, 0.29) is 9.79 Å². The molecule has 1 atom stereocenters. The molecule has 0 radical (unpaired) electrons. The summed E-state index contributed by atoms with van der Waals surface area (Å²) in [4.78, 5) is 2.58. The van der Waals surface area contributed by atoms with Crippen molar-refractivity contribution in [2.45, 2.75) is 28.7 Å². The van der Waals surface area contributed by atoms with Gasteiger partial charge >= 0.3 is 0 Å². The molecule has 24 heavy (non-hydrogen) atoms. The molecule has 0 spiro atoms. The van der Waals surface area contributed by atoms with Gasteiger partial charge in [0.15, 0.2) is 0 Å². The Morgan fingerprint density at radius 3 is 2.21 bits per heavy atom. The third-order valence-corrected chi connectivity index (χ3v) is 8.50. The van der Waals surface area contributed by atoms with Crippen LogP contribution in [0.3, 0.4) is 0 Å². The van der Waals surface area contributed by atoms with E-state index in [9.17, 15) is 16.8 Å². The van der Waals surface area contributed by atoms with Gasteiger partial charge in [0.05, 0.1) is 9.79 Å². The van der Waals surface area contributed by atoms with Crippen LogP contribution in [0.15, 0.2) is 34.1 Å². The van der Waals surface area contributed by atoms with Crippen LogP contribution < -0.4 is 0 Å². The van der Waals surface area contributed by atoms with E-state index in [1.165, 1.54) is 42.7 Å². The highest BCUT2D eigenvalue weighted by Crippen LogP contribution is 2.26. The van der Waals surface area contributed by atoms with Gasteiger partial charge in [-0.3, -0.25) is 4.90 Å². The maximum atomic E-state index is 12.8. The monoisotopic (exact) mass is 373 g/mol. The van der Waals surface area contributed by atoms with Gasteiger partial charge in [-0.2, -0.15) is 4.31 Å². The summed E-state index contributed by atoms with van der Waals surface area (Å²) in [5, 5.41) is 0. The van der Waals surface area contributed by atoms with Gasteiger partial charge in [-0.25, -0.2) is 21.1 Å². The molecule has 2 aliphatic heterocycles. The van der Waals surface area contributed by atoms with Crippen LogP contribution >= 0.6 is 0 Å². The van der Waals surface area contributed by atoms with Gasteiger partial charge in [0.25, 0.3) is 0 Å². The van der Waals surface area contributed by atoms with Crippen LogP contribution in [-0.2, 0) is 20.0 Å². The van der Waals surface area contributed by atoms with Crippen LogP contribution in [0.5, 0.6) is 0 Å². The van der Waals surface area contributed by atoms with Crippen LogP contribution in [0, 0.1) is 0 Å². The minimum atomic E-state index is -3.58. The number of nitrogens with zero attached hydrogens (tertiary/aromatic N) is 3. The van der Waals surface area contributed by atoms with Gasteiger partial charge in [-0.1, -0.05) is 0 Å². The summed E-state index contributed by atoms with van der Waals surface area (Å²) in [5.74, 6) is 0. The van der Waals surface area contributed by atoms with Gasteiger partial charge in [-0.15, -0.1) is 0 Å². The van der Waals surface area contributed by atoms with Crippen molar-refractivity contribution in [1.82, 2.24) is 13.5 Å². The van der Waals surface area contributed by atoms with E-state index in [1.807, 2.05) is 0 Å². The molecule has 9 heteroatoms. The van der Waals surface area contributed by atoms with Crippen molar-refractivity contribution in [1.29, 1.82) is 0 Å². The molecular formula is C15H23N3O4S2. The number of piperazine rings is 1. The Balaban J connectivity index is 1.83. The van der Waals surface area contributed by atoms with E-state index < -0.39 is 20.0 Å². The molecule has 0 bridgehead atoms. The lowest BCUT2D eigenvalue weighted by Gasteiger charge is -2.36. The van der Waals surface area contributed by atoms with Gasteiger partial charge in [0, 0.05) is 39.8 Å². The Morgan fingerprint density at radius 1 is 0.958 bits per heavy atom. The summed E-state index contributed by atoms with van der Waals surface area (Å²) < 4.78 is 52.4. The third kappa shape index (κ3) is 3.11. The minimum Gasteiger partial charge on any atom is -0.298 e. The number of hydrogen-bond donors (Lipinski definition) is 0. The Morgan fingerprint density at radius 2 is 1.58 bits per heavy atom. The van der Waals surface area contributed by atoms with Crippen molar-refractivity contribution in [2.75, 3.05) is 40.3 Å². The van der Waals surface area contributed by atoms with Crippen molar-refractivity contribution < 1.29 is 16.8 Å². The summed E-state index contributed by atoms with van der Waals surface area (Å²) in [5.41, 5.74) is 0. The van der Waals surface area contributed by atoms with E-state index in [1.54, 1.807) is 0 Å². The van der Waals surface area contributed by atoms with Crippen LogP contribution in [-0.4, -0.2) is 76.7 Å². The van der Waals surface area contributed by atoms with Crippen LogP contribution in [0.25, 0.3) is 0 Å². The predicted molar refractivity (Wildman–Crippen MR) is 90.7 cm³/mol. The maximum Gasteiger partial charge on any atom is 0.243 e. The van der Waals surface area contributed by atoms with Crippen molar-refractivity contribution >= 4 is 20.0 Å². The average molecular weight is 374 g/mol. The first-order valence-electron chi connectivity index (χ1n) is 8.00. The van der Waals surface area contributed by atoms with E-state index in [2.05, 4.69) is 4.90 Å². The Hall–Kier alpha value is -1.00. The second-order valence-electron chi connectivity index (χ2n) is 6.45. The fourth-order valence-corrected chi connectivity index (χ4v) is 5.69. The number of fused-ring (bicyclic) bond motifs is 1. The molecule has 2 saturated heterocycles. The Labute approximate surface area is 144 Å². The highest BCUT2D eigenvalue weighted by atomic mass is 32.2. The fourth-order valence-electron chi connectivity index (χ4n) is 3.32. The Bertz CT molecular complexity index is 804. The molecule has 1 aromatic carbocycles. The van der Waals surface area contributed by atoms with Crippen LogP contribution in [0.4, 0.5) is 0 Å². The van der Waals surface area contributed by atoms with Gasteiger partial charge in [-0.05, 0) is 43.7 Å². The number of benzene rings is 1. The van der Waals surface area contributed by atoms with E-state index >= 15 is 0 Å². The quantitative estimate of drug-likeness (QED) is 0.764. The van der Waals surface area contributed by atoms with Crippen LogP contribution in [0.2, 0.25) is 0 Å². The van der Waals surface area contributed by atoms with Gasteiger partial charge in [0.2, 0.25) is 20.0 Å². The topological polar surface area (TPSA) is 78.0 Å². The van der Waals surface area contributed by atoms with Gasteiger partial charge < -0.3 is 0 Å². The second-order valence-corrected chi connectivity index (χ2v) is 10.5. The maximum absolute atomic E-state index is 12.8. The van der Waals surface area contributed by atoms with Crippen molar-refractivity contribution in [3.05, 3.63) is 24.3 Å². The smallest absolute Gasteiger partial charge is 0.243 e. The minimum absolute atomic E-state index is 0.0899. The summed E-state index contributed by atoms with van der Waals surface area (Å²) in [6.45, 7) is 2.81. The molecule has 0 amide bonds. The number of rotatable bonds is 4. The average Bonchev–Trinajstić information content (AvgIpc) is 3.02. The predicted octanol–water partition coefficient (Wildman–Crippen LogP) is 0.406. The zero-order valence-electron chi connectivity index (χ0n) is 13.9. The lowest BCUT2D eigenvalue weighted by molar-refractivity contribution is 0.158. The largest absolute Gasteiger partial charge is 0.298 e. The number of sulfonamides is 2. The summed E-state index contributed by atoms with van der Waals surface area (Å²) in [7, 11) is -4.25. The molecule has 0 aromatic heterocycles. The lowest BCUT2D eigenvalue weighted by atomic mass is 10.2. The van der Waals surface area contributed by atoms with E-state index in [0.717, 1.165) is 30.2 Å². The first-order chi connectivity index (χ1) is 11.2. The molecule has 2 heterocycles. The first-order valence-corrected chi connectivity index (χ1v) is 10.9. The highest BCUT2D eigenvalue weighted by molar-refractivity contribution is 7.89. The standard InChI is InChI=1S/C15H23N3O4S2/c1-16(2)23(19,20)14-5-7-15(8-6-14)24(21,22)18-11-10-17-9-3-4-13(17)12-18/h5-8,13H,3-4,9-12H2,1-2H3/t13-/m1/s1. The molecule has 134 valence electrons. The molecule has 2 fully saturated rings. The molecule has 0 aliphatic carbocycles. The number of hydrogen-bond acceptors (Lipinski definition) is 5. The highest BCUT2D eigenvalue weighted by Gasteiger charge is 2.36. The second kappa shape index (κ2) is 6.38. The normalized spacial score (nSPS) is 23.5. The summed E-state index contributed by atoms with van der Waals surface area (Å²) in [6.07, 6.45) is 2.15. The fraction of sp³-hybridized carbons (Fsp3) is 0.600. The molecule has 1 aromatic rings. The van der Waals surface area contributed by atoms with E-state index in [4.69, 9.17) is 0 Å². The zero-order chi connectivity index (χ0) is 17.5. The van der Waals surface area contributed by atoms with Gasteiger partial charge in [0.1, 0.15) is 0 Å². The summed E-state index contributed by atoms with van der Waals surface area (Å²) in [6, 6.07) is 5.78. The van der Waals surface area contributed by atoms with Crippen molar-refractivity contribution in [3.63, 3.8) is 0 Å². The molecule has 0 unspecified atom stereocenters. The molecular weight excluding hydrogens is 350 g/mol. The van der Waals surface area contributed by atoms with Crippen molar-refractivity contribution in [2.24, 2.45) is 0 Å².